The summed E-state index contributed by atoms with van der Waals surface area (Å²) in [5, 5.41) is 1.10. The minimum atomic E-state index is 0.551. The lowest BCUT2D eigenvalue weighted by atomic mass is 9.95. The highest BCUT2D eigenvalue weighted by atomic mass is 16.5. The lowest BCUT2D eigenvalue weighted by molar-refractivity contribution is 0.304. The van der Waals surface area contributed by atoms with Crippen LogP contribution in [-0.4, -0.2) is 12.1 Å². The molecule has 2 heterocycles. The molecule has 0 saturated heterocycles. The summed E-state index contributed by atoms with van der Waals surface area (Å²) < 4.78 is 11.2. The van der Waals surface area contributed by atoms with Crippen LogP contribution in [0.5, 0.6) is 11.5 Å². The fourth-order valence-corrected chi connectivity index (χ4v) is 2.71. The van der Waals surface area contributed by atoms with E-state index in [1.165, 1.54) is 5.56 Å². The summed E-state index contributed by atoms with van der Waals surface area (Å²) in [6, 6.07) is 14.3. The second-order valence-corrected chi connectivity index (χ2v) is 4.83. The highest BCUT2D eigenvalue weighted by Crippen LogP contribution is 2.42. The van der Waals surface area contributed by atoms with Crippen LogP contribution < -0.4 is 9.47 Å². The molecule has 0 atom stereocenters. The average Bonchev–Trinajstić information content (AvgIpc) is 2.53. The molecule has 0 unspecified atom stereocenters. The van der Waals surface area contributed by atoms with Gasteiger partial charge in [0.05, 0.1) is 7.11 Å². The Morgan fingerprint density at radius 1 is 1.10 bits per heavy atom. The van der Waals surface area contributed by atoms with Gasteiger partial charge in [0.15, 0.2) is 5.75 Å². The first-order valence-corrected chi connectivity index (χ1v) is 6.54. The molecule has 0 saturated carbocycles. The van der Waals surface area contributed by atoms with Crippen molar-refractivity contribution >= 4 is 10.9 Å². The largest absolute Gasteiger partial charge is 0.497 e. The van der Waals surface area contributed by atoms with E-state index in [-0.39, 0.29) is 0 Å². The van der Waals surface area contributed by atoms with Crippen molar-refractivity contribution < 1.29 is 9.47 Å². The molecule has 3 heteroatoms. The Kier molecular flexibility index (Phi) is 2.39. The molecule has 0 fully saturated rings. The van der Waals surface area contributed by atoms with Crippen LogP contribution in [0.3, 0.4) is 0 Å². The first-order valence-electron chi connectivity index (χ1n) is 6.54. The summed E-state index contributed by atoms with van der Waals surface area (Å²) in [6.45, 7) is 0.551. The molecule has 1 aliphatic heterocycles. The number of methoxy groups -OCH3 is 1. The van der Waals surface area contributed by atoms with Crippen LogP contribution in [0.15, 0.2) is 48.7 Å². The third-order valence-electron chi connectivity index (χ3n) is 3.70. The first kappa shape index (κ1) is 11.3. The highest BCUT2D eigenvalue weighted by molar-refractivity contribution is 5.93. The van der Waals surface area contributed by atoms with Crippen molar-refractivity contribution in [2.45, 2.75) is 6.61 Å². The van der Waals surface area contributed by atoms with E-state index < -0.39 is 0 Å². The number of fused-ring (bicyclic) bond motifs is 5. The van der Waals surface area contributed by atoms with Gasteiger partial charge in [0.1, 0.15) is 17.9 Å². The third kappa shape index (κ3) is 1.56. The second-order valence-electron chi connectivity index (χ2n) is 4.83. The van der Waals surface area contributed by atoms with Crippen molar-refractivity contribution in [1.29, 1.82) is 0 Å². The van der Waals surface area contributed by atoms with Gasteiger partial charge in [-0.25, -0.2) is 0 Å². The molecule has 4 rings (SSSR count). The number of benzene rings is 2. The van der Waals surface area contributed by atoms with Crippen molar-refractivity contribution in [2.24, 2.45) is 0 Å². The van der Waals surface area contributed by atoms with Gasteiger partial charge in [-0.05, 0) is 29.8 Å². The Morgan fingerprint density at radius 3 is 2.90 bits per heavy atom. The fourth-order valence-electron chi connectivity index (χ4n) is 2.71. The monoisotopic (exact) mass is 263 g/mol. The van der Waals surface area contributed by atoms with Gasteiger partial charge in [-0.1, -0.05) is 18.2 Å². The molecule has 3 nitrogen and oxygen atoms in total. The van der Waals surface area contributed by atoms with E-state index in [2.05, 4.69) is 29.2 Å². The molecule has 1 aliphatic rings. The number of hydrogen-bond acceptors (Lipinski definition) is 3. The maximum absolute atomic E-state index is 5.94. The van der Waals surface area contributed by atoms with Gasteiger partial charge in [0.2, 0.25) is 0 Å². The van der Waals surface area contributed by atoms with Crippen LogP contribution >= 0.6 is 0 Å². The van der Waals surface area contributed by atoms with E-state index in [1.807, 2.05) is 18.2 Å². The van der Waals surface area contributed by atoms with E-state index >= 15 is 0 Å². The number of pyridine rings is 1. The molecule has 3 aromatic rings. The van der Waals surface area contributed by atoms with Crippen molar-refractivity contribution in [3.05, 3.63) is 54.2 Å². The minimum absolute atomic E-state index is 0.551. The standard InChI is InChI=1S/C17H13NO2/c1-19-13-5-7-14-12(9-13)10-20-17-15(14)6-4-11-3-2-8-18-16(11)17/h2-9H,10H2,1H3. The zero-order valence-electron chi connectivity index (χ0n) is 11.1. The average molecular weight is 263 g/mol. The van der Waals surface area contributed by atoms with Crippen molar-refractivity contribution in [3.63, 3.8) is 0 Å². The molecule has 0 amide bonds. The van der Waals surface area contributed by atoms with E-state index in [0.717, 1.165) is 33.5 Å². The minimum Gasteiger partial charge on any atom is -0.497 e. The molecule has 20 heavy (non-hydrogen) atoms. The Bertz CT molecular complexity index is 811. The number of nitrogens with zero attached hydrogens (tertiary/aromatic N) is 1. The maximum Gasteiger partial charge on any atom is 0.153 e. The van der Waals surface area contributed by atoms with Gasteiger partial charge in [-0.15, -0.1) is 0 Å². The van der Waals surface area contributed by atoms with Gasteiger partial charge in [0.25, 0.3) is 0 Å². The zero-order chi connectivity index (χ0) is 13.5. The Morgan fingerprint density at radius 2 is 2.00 bits per heavy atom. The summed E-state index contributed by atoms with van der Waals surface area (Å²) >= 11 is 0. The summed E-state index contributed by atoms with van der Waals surface area (Å²) in [5.41, 5.74) is 4.36. The molecule has 1 aromatic heterocycles. The number of rotatable bonds is 1. The number of aromatic nitrogens is 1. The SMILES string of the molecule is COc1ccc2c(c1)COc1c-2ccc2cccnc12. The van der Waals surface area contributed by atoms with Crippen molar-refractivity contribution in [2.75, 3.05) is 7.11 Å². The van der Waals surface area contributed by atoms with Gasteiger partial charge in [-0.3, -0.25) is 4.98 Å². The van der Waals surface area contributed by atoms with Crippen LogP contribution in [-0.2, 0) is 6.61 Å². The third-order valence-corrected chi connectivity index (χ3v) is 3.70. The van der Waals surface area contributed by atoms with Crippen LogP contribution in [0.25, 0.3) is 22.0 Å². The lowest BCUT2D eigenvalue weighted by Gasteiger charge is -2.22. The lowest BCUT2D eigenvalue weighted by Crippen LogP contribution is -2.06. The predicted molar refractivity (Wildman–Crippen MR) is 78.1 cm³/mol. The van der Waals surface area contributed by atoms with E-state index in [0.29, 0.717) is 6.61 Å². The van der Waals surface area contributed by atoms with Gasteiger partial charge in [-0.2, -0.15) is 0 Å². The number of hydrogen-bond donors (Lipinski definition) is 0. The summed E-state index contributed by atoms with van der Waals surface area (Å²) in [6.07, 6.45) is 1.80. The second kappa shape index (κ2) is 4.23. The van der Waals surface area contributed by atoms with Crippen LogP contribution in [0.4, 0.5) is 0 Å². The van der Waals surface area contributed by atoms with E-state index in [4.69, 9.17) is 9.47 Å². The Balaban J connectivity index is 1.99. The van der Waals surface area contributed by atoms with E-state index in [9.17, 15) is 0 Å². The Hall–Kier alpha value is -2.55. The van der Waals surface area contributed by atoms with Gasteiger partial charge in [0, 0.05) is 22.7 Å². The normalized spacial score (nSPS) is 12.4. The molecule has 0 spiro atoms. The molecule has 0 bridgehead atoms. The van der Waals surface area contributed by atoms with Gasteiger partial charge < -0.3 is 9.47 Å². The summed E-state index contributed by atoms with van der Waals surface area (Å²) in [4.78, 5) is 4.45. The highest BCUT2D eigenvalue weighted by Gasteiger charge is 2.20. The summed E-state index contributed by atoms with van der Waals surface area (Å²) in [7, 11) is 1.68. The fraction of sp³-hybridized carbons (Fsp3) is 0.118. The molecule has 0 N–H and O–H groups in total. The van der Waals surface area contributed by atoms with Crippen LogP contribution in [0.2, 0.25) is 0 Å². The molecule has 0 aliphatic carbocycles. The van der Waals surface area contributed by atoms with Crippen molar-refractivity contribution in [1.82, 2.24) is 4.98 Å². The Labute approximate surface area is 116 Å². The van der Waals surface area contributed by atoms with Crippen LogP contribution in [0.1, 0.15) is 5.56 Å². The zero-order valence-corrected chi connectivity index (χ0v) is 11.1. The molecule has 98 valence electrons. The molecule has 0 radical (unpaired) electrons. The molecular weight excluding hydrogens is 250 g/mol. The first-order chi connectivity index (χ1) is 9.86. The number of ether oxygens (including phenoxy) is 2. The smallest absolute Gasteiger partial charge is 0.153 e. The van der Waals surface area contributed by atoms with Crippen molar-refractivity contribution in [3.8, 4) is 22.6 Å². The summed E-state index contributed by atoms with van der Waals surface area (Å²) in [5.74, 6) is 1.73. The maximum atomic E-state index is 5.94. The topological polar surface area (TPSA) is 31.4 Å². The van der Waals surface area contributed by atoms with Crippen LogP contribution in [0, 0.1) is 0 Å². The predicted octanol–water partition coefficient (Wildman–Crippen LogP) is 3.80. The van der Waals surface area contributed by atoms with Gasteiger partial charge >= 0.3 is 0 Å². The quantitative estimate of drug-likeness (QED) is 0.669. The molecular formula is C17H13NO2. The van der Waals surface area contributed by atoms with E-state index in [1.54, 1.807) is 13.3 Å². The molecule has 2 aromatic carbocycles.